The van der Waals surface area contributed by atoms with Crippen LogP contribution < -0.4 is 5.32 Å². The molecule has 3 fully saturated rings. The van der Waals surface area contributed by atoms with Gasteiger partial charge in [-0.25, -0.2) is 4.98 Å². The highest BCUT2D eigenvalue weighted by Gasteiger charge is 2.67. The van der Waals surface area contributed by atoms with Crippen molar-refractivity contribution in [1.29, 1.82) is 0 Å². The molecule has 1 heterocycles. The van der Waals surface area contributed by atoms with E-state index >= 15 is 0 Å². The fraction of sp³-hybridized carbons (Fsp3) is 0.643. The van der Waals surface area contributed by atoms with Crippen molar-refractivity contribution < 1.29 is 14.7 Å². The van der Waals surface area contributed by atoms with E-state index in [2.05, 4.69) is 10.3 Å². The van der Waals surface area contributed by atoms with Crippen LogP contribution in [0.3, 0.4) is 0 Å². The van der Waals surface area contributed by atoms with Gasteiger partial charge >= 0.3 is 5.97 Å². The number of nitrogens with zero attached hydrogens (tertiary/aromatic N) is 1. The molecule has 0 aromatic carbocycles. The van der Waals surface area contributed by atoms with Crippen LogP contribution in [-0.4, -0.2) is 22.0 Å². The summed E-state index contributed by atoms with van der Waals surface area (Å²) in [5.41, 5.74) is 0.508. The molecule has 5 nitrogen and oxygen atoms in total. The zero-order valence-corrected chi connectivity index (χ0v) is 11.7. The van der Waals surface area contributed by atoms with Crippen LogP contribution in [0.5, 0.6) is 0 Å². The largest absolute Gasteiger partial charge is 0.481 e. The molecule has 1 aromatic rings. The summed E-state index contributed by atoms with van der Waals surface area (Å²) < 4.78 is 0. The first-order chi connectivity index (χ1) is 9.63. The Morgan fingerprint density at radius 2 is 2.05 bits per heavy atom. The van der Waals surface area contributed by atoms with Gasteiger partial charge in [0, 0.05) is 11.3 Å². The molecule has 0 aliphatic heterocycles. The summed E-state index contributed by atoms with van der Waals surface area (Å²) in [6, 6.07) is 0. The van der Waals surface area contributed by atoms with E-state index < -0.39 is 5.97 Å². The lowest BCUT2D eigenvalue weighted by Crippen LogP contribution is -2.18. The van der Waals surface area contributed by atoms with Crippen LogP contribution in [0, 0.1) is 29.6 Å². The molecule has 0 radical (unpaired) electrons. The van der Waals surface area contributed by atoms with Gasteiger partial charge in [0.05, 0.1) is 12.1 Å². The number of hydrogen-bond donors (Lipinski definition) is 2. The number of fused-ring (bicyclic) bond motifs is 5. The minimum atomic E-state index is -0.901. The number of aromatic nitrogens is 1. The van der Waals surface area contributed by atoms with Crippen LogP contribution in [0.2, 0.25) is 0 Å². The minimum absolute atomic E-state index is 0.0906. The summed E-state index contributed by atoms with van der Waals surface area (Å²) in [7, 11) is 0. The Bertz CT molecular complexity index is 569. The van der Waals surface area contributed by atoms with E-state index in [1.165, 1.54) is 30.6 Å². The molecule has 6 heteroatoms. The topological polar surface area (TPSA) is 79.3 Å². The highest BCUT2D eigenvalue weighted by atomic mass is 32.1. The molecule has 0 spiro atoms. The molecule has 2 bridgehead atoms. The molecular formula is C14H16N2O3S. The Morgan fingerprint density at radius 1 is 1.35 bits per heavy atom. The number of nitrogens with one attached hydrogen (secondary N) is 1. The van der Waals surface area contributed by atoms with Crippen molar-refractivity contribution in [3.63, 3.8) is 0 Å². The van der Waals surface area contributed by atoms with Crippen molar-refractivity contribution in [2.75, 3.05) is 5.32 Å². The number of hydrogen-bond acceptors (Lipinski definition) is 4. The number of amides is 1. The maximum absolute atomic E-state index is 12.3. The summed E-state index contributed by atoms with van der Waals surface area (Å²) >= 11 is 1.30. The number of thiazole rings is 1. The Labute approximate surface area is 120 Å². The lowest BCUT2D eigenvalue weighted by Gasteiger charge is -2.07. The van der Waals surface area contributed by atoms with Crippen LogP contribution in [0.25, 0.3) is 0 Å². The first-order valence-electron chi connectivity index (χ1n) is 7.10. The summed E-state index contributed by atoms with van der Waals surface area (Å²) in [5, 5.41) is 13.8. The number of carbonyl (C=O) groups excluding carboxylic acids is 1. The van der Waals surface area contributed by atoms with Gasteiger partial charge in [0.15, 0.2) is 5.13 Å². The number of aliphatic carboxylic acids is 1. The molecule has 4 atom stereocenters. The molecule has 4 rings (SSSR count). The normalized spacial score (nSPS) is 36.7. The van der Waals surface area contributed by atoms with Gasteiger partial charge in [-0.15, -0.1) is 11.3 Å². The van der Waals surface area contributed by atoms with Gasteiger partial charge in [-0.2, -0.15) is 0 Å². The van der Waals surface area contributed by atoms with Gasteiger partial charge in [0.25, 0.3) is 0 Å². The second-order valence-corrected chi connectivity index (χ2v) is 7.08. The molecule has 4 unspecified atom stereocenters. The molecule has 106 valence electrons. The quantitative estimate of drug-likeness (QED) is 0.889. The van der Waals surface area contributed by atoms with Crippen LogP contribution in [-0.2, 0) is 16.0 Å². The van der Waals surface area contributed by atoms with Crippen LogP contribution >= 0.6 is 11.3 Å². The monoisotopic (exact) mass is 292 g/mol. The third-order valence-electron chi connectivity index (χ3n) is 5.15. The Hall–Kier alpha value is -1.43. The summed E-state index contributed by atoms with van der Waals surface area (Å²) in [4.78, 5) is 27.0. The number of carboxylic acids is 1. The molecule has 3 saturated carbocycles. The standard InChI is InChI=1S/C14H16N2O3S/c17-9(18)4-8-5-20-14(15-8)16-13(19)12-10-6-1-2-7(3-6)11(10)12/h5-7,10-12H,1-4H2,(H,17,18)(H,15,16,19). The molecule has 2 N–H and O–H groups in total. The summed E-state index contributed by atoms with van der Waals surface area (Å²) in [5.74, 6) is 2.17. The number of carbonyl (C=O) groups is 2. The lowest BCUT2D eigenvalue weighted by molar-refractivity contribution is -0.136. The second kappa shape index (κ2) is 4.28. The van der Waals surface area contributed by atoms with Crippen LogP contribution in [0.15, 0.2) is 5.38 Å². The van der Waals surface area contributed by atoms with Crippen molar-refractivity contribution in [3.8, 4) is 0 Å². The van der Waals surface area contributed by atoms with Crippen molar-refractivity contribution in [2.45, 2.75) is 25.7 Å². The third kappa shape index (κ3) is 1.85. The van der Waals surface area contributed by atoms with Gasteiger partial charge < -0.3 is 10.4 Å². The maximum Gasteiger partial charge on any atom is 0.309 e. The van der Waals surface area contributed by atoms with E-state index in [-0.39, 0.29) is 18.2 Å². The highest BCUT2D eigenvalue weighted by molar-refractivity contribution is 7.13. The smallest absolute Gasteiger partial charge is 0.309 e. The number of anilines is 1. The molecule has 20 heavy (non-hydrogen) atoms. The van der Waals surface area contributed by atoms with Crippen LogP contribution in [0.4, 0.5) is 5.13 Å². The van der Waals surface area contributed by atoms with E-state index in [1.54, 1.807) is 5.38 Å². The van der Waals surface area contributed by atoms with E-state index in [0.717, 1.165) is 11.8 Å². The first kappa shape index (κ1) is 12.3. The average molecular weight is 292 g/mol. The predicted octanol–water partition coefficient (Wildman–Crippen LogP) is 2.00. The van der Waals surface area contributed by atoms with Crippen molar-refractivity contribution >= 4 is 28.3 Å². The van der Waals surface area contributed by atoms with E-state index in [1.807, 2.05) is 0 Å². The minimum Gasteiger partial charge on any atom is -0.481 e. The molecule has 0 saturated heterocycles. The predicted molar refractivity (Wildman–Crippen MR) is 73.4 cm³/mol. The molecule has 1 aromatic heterocycles. The fourth-order valence-electron chi connectivity index (χ4n) is 4.46. The fourth-order valence-corrected chi connectivity index (χ4v) is 5.18. The van der Waals surface area contributed by atoms with Gasteiger partial charge in [-0.05, 0) is 42.9 Å². The van der Waals surface area contributed by atoms with Crippen molar-refractivity contribution in [1.82, 2.24) is 4.98 Å². The van der Waals surface area contributed by atoms with E-state index in [0.29, 0.717) is 22.7 Å². The molecule has 3 aliphatic carbocycles. The van der Waals surface area contributed by atoms with Gasteiger partial charge in [-0.3, -0.25) is 9.59 Å². The highest BCUT2D eigenvalue weighted by Crippen LogP contribution is 2.69. The zero-order chi connectivity index (χ0) is 13.9. The van der Waals surface area contributed by atoms with E-state index in [9.17, 15) is 9.59 Å². The van der Waals surface area contributed by atoms with Crippen LogP contribution in [0.1, 0.15) is 25.0 Å². The Balaban J connectivity index is 1.39. The Morgan fingerprint density at radius 3 is 2.70 bits per heavy atom. The number of carboxylic acid groups (broad SMARTS) is 1. The first-order valence-corrected chi connectivity index (χ1v) is 7.98. The molecular weight excluding hydrogens is 276 g/mol. The molecule has 1 amide bonds. The SMILES string of the molecule is O=C(O)Cc1csc(NC(=O)C2C3C4CCC(C4)C23)n1. The average Bonchev–Trinajstić information content (AvgIpc) is 2.74. The lowest BCUT2D eigenvalue weighted by atomic mass is 10.0. The zero-order valence-electron chi connectivity index (χ0n) is 10.9. The summed E-state index contributed by atoms with van der Waals surface area (Å²) in [6.45, 7) is 0. The van der Waals surface area contributed by atoms with Gasteiger partial charge in [-0.1, -0.05) is 0 Å². The van der Waals surface area contributed by atoms with Crippen molar-refractivity contribution in [3.05, 3.63) is 11.1 Å². The van der Waals surface area contributed by atoms with Gasteiger partial charge in [0.2, 0.25) is 5.91 Å². The number of rotatable bonds is 4. The van der Waals surface area contributed by atoms with E-state index in [4.69, 9.17) is 5.11 Å². The Kier molecular flexibility index (Phi) is 2.64. The van der Waals surface area contributed by atoms with Gasteiger partial charge in [0.1, 0.15) is 0 Å². The summed E-state index contributed by atoms with van der Waals surface area (Å²) in [6.07, 6.45) is 3.84. The third-order valence-corrected chi connectivity index (χ3v) is 5.96. The van der Waals surface area contributed by atoms with Crippen molar-refractivity contribution in [2.24, 2.45) is 29.6 Å². The maximum atomic E-state index is 12.3. The molecule has 3 aliphatic rings. The second-order valence-electron chi connectivity index (χ2n) is 6.22.